The van der Waals surface area contributed by atoms with E-state index >= 15 is 0 Å². The highest BCUT2D eigenvalue weighted by atomic mass is 32.2. The van der Waals surface area contributed by atoms with E-state index in [0.29, 0.717) is 11.3 Å². The lowest BCUT2D eigenvalue weighted by Gasteiger charge is -2.28. The molecule has 0 fully saturated rings. The first-order valence-corrected chi connectivity index (χ1v) is 7.88. The van der Waals surface area contributed by atoms with Crippen molar-refractivity contribution >= 4 is 9.84 Å². The molecule has 0 saturated heterocycles. The number of rotatable bonds is 4. The van der Waals surface area contributed by atoms with Crippen molar-refractivity contribution in [2.24, 2.45) is 11.3 Å². The normalized spacial score (nSPS) is 14.5. The minimum Gasteiger partial charge on any atom is -0.251 e. The van der Waals surface area contributed by atoms with Gasteiger partial charge in [-0.05, 0) is 35.4 Å². The predicted octanol–water partition coefficient (Wildman–Crippen LogP) is 3.26. The number of halogens is 1. The van der Waals surface area contributed by atoms with Crippen LogP contribution in [-0.4, -0.2) is 21.3 Å². The molecule has 1 aromatic rings. The minimum atomic E-state index is -3.16. The van der Waals surface area contributed by atoms with Gasteiger partial charge in [0.05, 0.1) is 11.6 Å². The highest BCUT2D eigenvalue weighted by molar-refractivity contribution is 7.90. The van der Waals surface area contributed by atoms with Gasteiger partial charge in [-0.2, -0.15) is 0 Å². The summed E-state index contributed by atoms with van der Waals surface area (Å²) < 4.78 is 35.7. The molecule has 0 aliphatic heterocycles. The molecule has 0 amide bonds. The summed E-state index contributed by atoms with van der Waals surface area (Å²) in [4.78, 5) is 0.304. The van der Waals surface area contributed by atoms with Gasteiger partial charge in [0.2, 0.25) is 0 Å². The first-order valence-electron chi connectivity index (χ1n) is 5.99. The maximum Gasteiger partial charge on any atom is 0.175 e. The highest BCUT2D eigenvalue weighted by Gasteiger charge is 2.24. The molecule has 0 spiro atoms. The average molecular weight is 272 g/mol. The maximum absolute atomic E-state index is 13.0. The Morgan fingerprint density at radius 2 is 1.67 bits per heavy atom. The number of sulfone groups is 1. The Morgan fingerprint density at radius 3 is 2.00 bits per heavy atom. The van der Waals surface area contributed by atoms with Crippen LogP contribution < -0.4 is 0 Å². The van der Waals surface area contributed by atoms with Crippen LogP contribution in [-0.2, 0) is 16.3 Å². The van der Waals surface area contributed by atoms with Crippen molar-refractivity contribution in [3.63, 3.8) is 0 Å². The maximum atomic E-state index is 13.0. The Bertz CT molecular complexity index is 484. The number of alkyl halides is 1. The molecule has 18 heavy (non-hydrogen) atoms. The predicted molar refractivity (Wildman–Crippen MR) is 72.2 cm³/mol. The van der Waals surface area contributed by atoms with Crippen LogP contribution in [0, 0.1) is 11.3 Å². The summed E-state index contributed by atoms with van der Waals surface area (Å²) in [6.07, 6.45) is 1.81. The second kappa shape index (κ2) is 5.39. The molecule has 0 unspecified atom stereocenters. The van der Waals surface area contributed by atoms with Crippen LogP contribution in [0.25, 0.3) is 0 Å². The lowest BCUT2D eigenvalue weighted by molar-refractivity contribution is 0.190. The second-order valence-corrected chi connectivity index (χ2v) is 7.85. The van der Waals surface area contributed by atoms with E-state index in [2.05, 4.69) is 0 Å². The quantitative estimate of drug-likeness (QED) is 0.843. The van der Waals surface area contributed by atoms with Crippen LogP contribution in [0.1, 0.15) is 26.3 Å². The topological polar surface area (TPSA) is 34.1 Å². The fourth-order valence-electron chi connectivity index (χ4n) is 1.75. The number of benzene rings is 1. The van der Waals surface area contributed by atoms with E-state index < -0.39 is 9.84 Å². The fourth-order valence-corrected chi connectivity index (χ4v) is 2.38. The van der Waals surface area contributed by atoms with Gasteiger partial charge in [-0.15, -0.1) is 0 Å². The van der Waals surface area contributed by atoms with Crippen molar-refractivity contribution in [2.45, 2.75) is 32.1 Å². The lowest BCUT2D eigenvalue weighted by atomic mass is 9.78. The van der Waals surface area contributed by atoms with Crippen LogP contribution in [0.5, 0.6) is 0 Å². The first-order chi connectivity index (χ1) is 8.14. The third-order valence-electron chi connectivity index (χ3n) is 3.24. The van der Waals surface area contributed by atoms with Crippen molar-refractivity contribution < 1.29 is 12.8 Å². The molecule has 0 aliphatic rings. The van der Waals surface area contributed by atoms with E-state index in [9.17, 15) is 12.8 Å². The van der Waals surface area contributed by atoms with E-state index in [0.717, 1.165) is 5.56 Å². The van der Waals surface area contributed by atoms with Gasteiger partial charge >= 0.3 is 0 Å². The summed E-state index contributed by atoms with van der Waals surface area (Å²) in [7, 11) is -3.16. The van der Waals surface area contributed by atoms with Crippen molar-refractivity contribution in [2.75, 3.05) is 12.9 Å². The average Bonchev–Trinajstić information content (AvgIpc) is 2.23. The Kier molecular flexibility index (Phi) is 4.54. The standard InChI is InChI=1S/C14H21FO2S/c1-14(2,3)12(10-15)9-11-5-7-13(8-6-11)18(4,16)17/h5-8,12H,9-10H2,1-4H3/t12-/m0/s1. The molecular formula is C14H21FO2S. The van der Waals surface area contributed by atoms with Crippen LogP contribution in [0.15, 0.2) is 29.2 Å². The summed E-state index contributed by atoms with van der Waals surface area (Å²) in [5.41, 5.74) is 0.879. The Hall–Kier alpha value is -0.900. The van der Waals surface area contributed by atoms with E-state index in [1.807, 2.05) is 20.8 Å². The monoisotopic (exact) mass is 272 g/mol. The van der Waals surface area contributed by atoms with Crippen molar-refractivity contribution in [1.29, 1.82) is 0 Å². The molecule has 0 bridgehead atoms. The summed E-state index contributed by atoms with van der Waals surface area (Å²) >= 11 is 0. The molecule has 0 aromatic heterocycles. The van der Waals surface area contributed by atoms with Crippen LogP contribution >= 0.6 is 0 Å². The zero-order valence-corrected chi connectivity index (χ0v) is 12.2. The van der Waals surface area contributed by atoms with Gasteiger partial charge in [-0.1, -0.05) is 32.9 Å². The Labute approximate surface area is 109 Å². The lowest BCUT2D eigenvalue weighted by Crippen LogP contribution is -2.24. The van der Waals surface area contributed by atoms with Crippen molar-refractivity contribution in [1.82, 2.24) is 0 Å². The van der Waals surface area contributed by atoms with Crippen LogP contribution in [0.2, 0.25) is 0 Å². The van der Waals surface area contributed by atoms with E-state index in [-0.39, 0.29) is 18.0 Å². The van der Waals surface area contributed by atoms with Crippen LogP contribution in [0.4, 0.5) is 4.39 Å². The SMILES string of the molecule is CC(C)(C)[C@H](CF)Cc1ccc(S(C)(=O)=O)cc1. The molecular weight excluding hydrogens is 251 g/mol. The summed E-state index contributed by atoms with van der Waals surface area (Å²) in [6.45, 7) is 5.68. The molecule has 0 radical (unpaired) electrons. The van der Waals surface area contributed by atoms with Gasteiger partial charge in [0.15, 0.2) is 9.84 Å². The number of hydrogen-bond donors (Lipinski definition) is 0. The van der Waals surface area contributed by atoms with Gasteiger partial charge in [0, 0.05) is 6.26 Å². The number of hydrogen-bond acceptors (Lipinski definition) is 2. The molecule has 0 N–H and O–H groups in total. The first kappa shape index (κ1) is 15.2. The molecule has 4 heteroatoms. The largest absolute Gasteiger partial charge is 0.251 e. The van der Waals surface area contributed by atoms with Gasteiger partial charge in [-0.3, -0.25) is 4.39 Å². The van der Waals surface area contributed by atoms with Gasteiger partial charge in [0.1, 0.15) is 0 Å². The third-order valence-corrected chi connectivity index (χ3v) is 4.37. The van der Waals surface area contributed by atoms with Gasteiger partial charge < -0.3 is 0 Å². The molecule has 102 valence electrons. The molecule has 1 atom stereocenters. The smallest absolute Gasteiger partial charge is 0.175 e. The minimum absolute atomic E-state index is 0.0541. The Morgan fingerprint density at radius 1 is 1.17 bits per heavy atom. The van der Waals surface area contributed by atoms with Crippen molar-refractivity contribution in [3.8, 4) is 0 Å². The molecule has 1 rings (SSSR count). The van der Waals surface area contributed by atoms with Crippen molar-refractivity contribution in [3.05, 3.63) is 29.8 Å². The summed E-state index contributed by atoms with van der Waals surface area (Å²) in [5.74, 6) is -0.0541. The molecule has 2 nitrogen and oxygen atoms in total. The fraction of sp³-hybridized carbons (Fsp3) is 0.571. The summed E-state index contributed by atoms with van der Waals surface area (Å²) in [5, 5.41) is 0. The second-order valence-electron chi connectivity index (χ2n) is 5.84. The summed E-state index contributed by atoms with van der Waals surface area (Å²) in [6, 6.07) is 6.71. The molecule has 1 aromatic carbocycles. The van der Waals surface area contributed by atoms with Crippen LogP contribution in [0.3, 0.4) is 0 Å². The van der Waals surface area contributed by atoms with Gasteiger partial charge in [-0.25, -0.2) is 8.42 Å². The van der Waals surface area contributed by atoms with E-state index in [1.54, 1.807) is 24.3 Å². The zero-order chi connectivity index (χ0) is 14.0. The third kappa shape index (κ3) is 4.09. The van der Waals surface area contributed by atoms with E-state index in [4.69, 9.17) is 0 Å². The molecule has 0 saturated carbocycles. The Balaban J connectivity index is 2.87. The van der Waals surface area contributed by atoms with Gasteiger partial charge in [0.25, 0.3) is 0 Å². The van der Waals surface area contributed by atoms with E-state index in [1.165, 1.54) is 6.26 Å². The zero-order valence-electron chi connectivity index (χ0n) is 11.4. The molecule has 0 heterocycles. The molecule has 0 aliphatic carbocycles. The highest BCUT2D eigenvalue weighted by Crippen LogP contribution is 2.29.